The van der Waals surface area contributed by atoms with Crippen LogP contribution >= 0.6 is 24.0 Å². The van der Waals surface area contributed by atoms with Crippen molar-refractivity contribution in [3.05, 3.63) is 58.9 Å². The van der Waals surface area contributed by atoms with Gasteiger partial charge in [-0.15, -0.1) is 0 Å². The van der Waals surface area contributed by atoms with Gasteiger partial charge >= 0.3 is 0 Å². The second kappa shape index (κ2) is 7.02. The van der Waals surface area contributed by atoms with Gasteiger partial charge in [-0.25, -0.2) is 0 Å². The van der Waals surface area contributed by atoms with Crippen molar-refractivity contribution in [1.82, 2.24) is 4.90 Å². The first-order chi connectivity index (χ1) is 11.2. The highest BCUT2D eigenvalue weighted by molar-refractivity contribution is 8.26. The quantitative estimate of drug-likeness (QED) is 0.603. The number of furan rings is 1. The molecule has 1 fully saturated rings. The third kappa shape index (κ3) is 3.48. The Bertz CT molecular complexity index is 753. The lowest BCUT2D eigenvalue weighted by atomic mass is 10.2. The van der Waals surface area contributed by atoms with Crippen molar-refractivity contribution in [3.8, 4) is 5.75 Å². The zero-order chi connectivity index (χ0) is 16.2. The van der Waals surface area contributed by atoms with E-state index in [1.54, 1.807) is 17.2 Å². The summed E-state index contributed by atoms with van der Waals surface area (Å²) in [5, 5.41) is 0. The number of ether oxygens (including phenoxy) is 1. The van der Waals surface area contributed by atoms with Crippen LogP contribution in [0.3, 0.4) is 0 Å². The molecule has 3 rings (SSSR count). The molecule has 0 radical (unpaired) electrons. The lowest BCUT2D eigenvalue weighted by Crippen LogP contribution is -2.27. The van der Waals surface area contributed by atoms with Gasteiger partial charge < -0.3 is 9.15 Å². The maximum Gasteiger partial charge on any atom is 0.266 e. The Morgan fingerprint density at radius 1 is 1.30 bits per heavy atom. The number of carbonyl (C=O) groups excluding carboxylic acids is 1. The largest absolute Gasteiger partial charge is 0.493 e. The van der Waals surface area contributed by atoms with E-state index in [0.29, 0.717) is 28.1 Å². The number of benzene rings is 1. The van der Waals surface area contributed by atoms with E-state index in [-0.39, 0.29) is 5.91 Å². The number of carbonyl (C=O) groups is 1. The topological polar surface area (TPSA) is 42.7 Å². The van der Waals surface area contributed by atoms with E-state index < -0.39 is 0 Å². The van der Waals surface area contributed by atoms with Crippen molar-refractivity contribution in [3.63, 3.8) is 0 Å². The molecule has 6 heteroatoms. The zero-order valence-corrected chi connectivity index (χ0v) is 14.2. The number of amides is 1. The predicted octanol–water partition coefficient (Wildman–Crippen LogP) is 4.08. The maximum absolute atomic E-state index is 12.6. The molecule has 1 aliphatic heterocycles. The molecule has 1 aliphatic rings. The predicted molar refractivity (Wildman–Crippen MR) is 95.0 cm³/mol. The molecule has 0 bridgehead atoms. The first kappa shape index (κ1) is 15.8. The molecular weight excluding hydrogens is 330 g/mol. The molecule has 0 N–H and O–H groups in total. The van der Waals surface area contributed by atoms with Gasteiger partial charge in [-0.3, -0.25) is 9.69 Å². The van der Waals surface area contributed by atoms with Crippen LogP contribution in [0.15, 0.2) is 52.0 Å². The van der Waals surface area contributed by atoms with Gasteiger partial charge in [0.1, 0.15) is 15.8 Å². The van der Waals surface area contributed by atoms with Crippen molar-refractivity contribution in [1.29, 1.82) is 0 Å². The molecular formula is C17H15NO3S2. The minimum absolute atomic E-state index is 0.109. The van der Waals surface area contributed by atoms with Crippen LogP contribution in [0, 0.1) is 0 Å². The zero-order valence-electron chi connectivity index (χ0n) is 12.5. The van der Waals surface area contributed by atoms with Gasteiger partial charge in [0.2, 0.25) is 0 Å². The molecule has 0 aliphatic carbocycles. The molecule has 2 aromatic rings. The number of hydrogen-bond acceptors (Lipinski definition) is 5. The second-order valence-electron chi connectivity index (χ2n) is 4.82. The first-order valence-corrected chi connectivity index (χ1v) is 8.41. The van der Waals surface area contributed by atoms with Gasteiger partial charge in [-0.05, 0) is 31.2 Å². The Balaban J connectivity index is 1.84. The number of nitrogens with zero attached hydrogens (tertiary/aromatic N) is 1. The monoisotopic (exact) mass is 345 g/mol. The van der Waals surface area contributed by atoms with Crippen molar-refractivity contribution >= 4 is 40.3 Å². The molecule has 0 atom stereocenters. The molecule has 23 heavy (non-hydrogen) atoms. The highest BCUT2D eigenvalue weighted by Crippen LogP contribution is 2.35. The van der Waals surface area contributed by atoms with Gasteiger partial charge in [0.05, 0.1) is 24.3 Å². The van der Waals surface area contributed by atoms with Crippen LogP contribution in [0.2, 0.25) is 0 Å². The van der Waals surface area contributed by atoms with Crippen LogP contribution in [-0.4, -0.2) is 21.7 Å². The first-order valence-electron chi connectivity index (χ1n) is 7.18. The fourth-order valence-corrected chi connectivity index (χ4v) is 3.47. The third-order valence-corrected chi connectivity index (χ3v) is 4.65. The van der Waals surface area contributed by atoms with E-state index in [1.165, 1.54) is 11.8 Å². The fraction of sp³-hybridized carbons (Fsp3) is 0.176. The number of para-hydroxylation sites is 1. The summed E-state index contributed by atoms with van der Waals surface area (Å²) in [4.78, 5) is 14.7. The normalized spacial score (nSPS) is 16.4. The molecule has 1 aromatic carbocycles. The molecule has 118 valence electrons. The summed E-state index contributed by atoms with van der Waals surface area (Å²) in [6, 6.07) is 11.2. The van der Waals surface area contributed by atoms with E-state index in [2.05, 4.69) is 0 Å². The molecule has 4 nitrogen and oxygen atoms in total. The van der Waals surface area contributed by atoms with E-state index in [4.69, 9.17) is 21.4 Å². The molecule has 0 unspecified atom stereocenters. The summed E-state index contributed by atoms with van der Waals surface area (Å²) in [5.41, 5.74) is 0.868. The lowest BCUT2D eigenvalue weighted by molar-refractivity contribution is -0.122. The maximum atomic E-state index is 12.6. The standard InChI is InChI=1S/C17H15NO3S2/c1-2-20-14-8-4-3-6-12(14)10-15-16(19)18(17(22)23-15)11-13-7-5-9-21-13/h3-10H,2,11H2,1H3/b15-10-. The second-order valence-corrected chi connectivity index (χ2v) is 6.49. The lowest BCUT2D eigenvalue weighted by Gasteiger charge is -2.12. The van der Waals surface area contributed by atoms with Crippen LogP contribution < -0.4 is 4.74 Å². The summed E-state index contributed by atoms with van der Waals surface area (Å²) >= 11 is 6.62. The number of hydrogen-bond donors (Lipinski definition) is 0. The Kier molecular flexibility index (Phi) is 4.83. The van der Waals surface area contributed by atoms with Gasteiger partial charge in [0.15, 0.2) is 0 Å². The van der Waals surface area contributed by atoms with Crippen LogP contribution in [0.4, 0.5) is 0 Å². The minimum Gasteiger partial charge on any atom is -0.493 e. The van der Waals surface area contributed by atoms with E-state index >= 15 is 0 Å². The van der Waals surface area contributed by atoms with Gasteiger partial charge in [-0.2, -0.15) is 0 Å². The minimum atomic E-state index is -0.109. The summed E-state index contributed by atoms with van der Waals surface area (Å²) in [5.74, 6) is 1.35. The number of thiocarbonyl (C=S) groups is 1. The average Bonchev–Trinajstić information content (AvgIpc) is 3.14. The number of rotatable bonds is 5. The average molecular weight is 345 g/mol. The Labute approximate surface area is 144 Å². The summed E-state index contributed by atoms with van der Waals surface area (Å²) in [6.45, 7) is 2.85. The Hall–Kier alpha value is -2.05. The summed E-state index contributed by atoms with van der Waals surface area (Å²) < 4.78 is 11.4. The number of thioether (sulfide) groups is 1. The molecule has 1 amide bonds. The van der Waals surface area contributed by atoms with Crippen LogP contribution in [-0.2, 0) is 11.3 Å². The highest BCUT2D eigenvalue weighted by Gasteiger charge is 2.32. The molecule has 0 saturated carbocycles. The fourth-order valence-electron chi connectivity index (χ4n) is 2.22. The van der Waals surface area contributed by atoms with Crippen LogP contribution in [0.25, 0.3) is 6.08 Å². The third-order valence-electron chi connectivity index (χ3n) is 3.27. The van der Waals surface area contributed by atoms with E-state index in [0.717, 1.165) is 11.3 Å². The van der Waals surface area contributed by atoms with Crippen LogP contribution in [0.5, 0.6) is 5.75 Å². The van der Waals surface area contributed by atoms with Gasteiger partial charge in [0.25, 0.3) is 5.91 Å². The SMILES string of the molecule is CCOc1ccccc1/C=C1\SC(=S)N(Cc2ccco2)C1=O. The highest BCUT2D eigenvalue weighted by atomic mass is 32.2. The smallest absolute Gasteiger partial charge is 0.266 e. The molecule has 1 saturated heterocycles. The summed E-state index contributed by atoms with van der Waals surface area (Å²) in [6.07, 6.45) is 3.41. The van der Waals surface area contributed by atoms with E-state index in [1.807, 2.05) is 43.3 Å². The Morgan fingerprint density at radius 2 is 2.13 bits per heavy atom. The van der Waals surface area contributed by atoms with E-state index in [9.17, 15) is 4.79 Å². The van der Waals surface area contributed by atoms with Crippen LogP contribution in [0.1, 0.15) is 18.2 Å². The van der Waals surface area contributed by atoms with Gasteiger partial charge in [0, 0.05) is 5.56 Å². The van der Waals surface area contributed by atoms with Crippen molar-refractivity contribution < 1.29 is 13.9 Å². The molecule has 0 spiro atoms. The summed E-state index contributed by atoms with van der Waals surface area (Å²) in [7, 11) is 0. The van der Waals surface area contributed by atoms with Crippen molar-refractivity contribution in [2.45, 2.75) is 13.5 Å². The molecule has 1 aromatic heterocycles. The van der Waals surface area contributed by atoms with Crippen molar-refractivity contribution in [2.24, 2.45) is 0 Å². The van der Waals surface area contributed by atoms with Crippen molar-refractivity contribution in [2.75, 3.05) is 6.61 Å². The Morgan fingerprint density at radius 3 is 2.87 bits per heavy atom. The molecule has 2 heterocycles. The van der Waals surface area contributed by atoms with Gasteiger partial charge in [-0.1, -0.05) is 42.2 Å².